The van der Waals surface area contributed by atoms with Gasteiger partial charge in [-0.25, -0.2) is 0 Å². The zero-order valence-electron chi connectivity index (χ0n) is 9.34. The van der Waals surface area contributed by atoms with Gasteiger partial charge in [0.2, 0.25) is 0 Å². The van der Waals surface area contributed by atoms with Crippen LogP contribution in [0.4, 0.5) is 0 Å². The van der Waals surface area contributed by atoms with Crippen LogP contribution in [0.5, 0.6) is 0 Å². The lowest BCUT2D eigenvalue weighted by atomic mass is 9.84. The van der Waals surface area contributed by atoms with Gasteiger partial charge in [0.25, 0.3) is 0 Å². The number of Topliss-reactive ketones (excluding diaryl/α,β-unsaturated/α-hetero) is 1. The van der Waals surface area contributed by atoms with E-state index in [1.54, 1.807) is 0 Å². The van der Waals surface area contributed by atoms with Crippen LogP contribution in [0, 0.1) is 5.92 Å². The highest BCUT2D eigenvalue weighted by atomic mass is 32.2. The van der Waals surface area contributed by atoms with Gasteiger partial charge in [-0.05, 0) is 12.8 Å². The van der Waals surface area contributed by atoms with Crippen LogP contribution >= 0.6 is 11.8 Å². The summed E-state index contributed by atoms with van der Waals surface area (Å²) in [6.45, 7) is 1.08. The molecule has 1 N–H and O–H groups in total. The van der Waals surface area contributed by atoms with Crippen molar-refractivity contribution in [2.75, 3.05) is 18.1 Å². The maximum Gasteiger partial charge on any atom is 0.137 e. The van der Waals surface area contributed by atoms with Gasteiger partial charge in [0.15, 0.2) is 0 Å². The zero-order chi connectivity index (χ0) is 10.5. The minimum Gasteiger partial charge on any atom is -0.312 e. The highest BCUT2D eigenvalue weighted by Gasteiger charge is 2.24. The Morgan fingerprint density at radius 2 is 2.07 bits per heavy atom. The van der Waals surface area contributed by atoms with Crippen molar-refractivity contribution in [3.05, 3.63) is 0 Å². The van der Waals surface area contributed by atoms with Crippen LogP contribution in [0.2, 0.25) is 0 Å². The van der Waals surface area contributed by atoms with E-state index in [9.17, 15) is 4.79 Å². The number of ketones is 1. The minimum absolute atomic E-state index is 0.396. The fourth-order valence-corrected chi connectivity index (χ4v) is 3.53. The highest BCUT2D eigenvalue weighted by Crippen LogP contribution is 2.26. The van der Waals surface area contributed by atoms with E-state index in [-0.39, 0.29) is 0 Å². The molecule has 0 aromatic rings. The summed E-state index contributed by atoms with van der Waals surface area (Å²) in [5, 5.41) is 3.45. The second kappa shape index (κ2) is 5.90. The third-order valence-corrected chi connectivity index (χ3v) is 4.64. The number of hydrogen-bond donors (Lipinski definition) is 1. The smallest absolute Gasteiger partial charge is 0.137 e. The van der Waals surface area contributed by atoms with E-state index in [1.807, 2.05) is 11.8 Å². The van der Waals surface area contributed by atoms with E-state index >= 15 is 0 Å². The first-order valence-electron chi connectivity index (χ1n) is 6.20. The predicted octanol–water partition coefficient (Wildman–Crippen LogP) is 2.23. The Morgan fingerprint density at radius 1 is 1.27 bits per heavy atom. The Bertz CT molecular complexity index is 208. The Kier molecular flexibility index (Phi) is 4.51. The summed E-state index contributed by atoms with van der Waals surface area (Å²) in [6.07, 6.45) is 6.95. The summed E-state index contributed by atoms with van der Waals surface area (Å²) >= 11 is 1.98. The van der Waals surface area contributed by atoms with Crippen molar-refractivity contribution in [1.82, 2.24) is 5.32 Å². The minimum atomic E-state index is 0.396. The topological polar surface area (TPSA) is 29.1 Å². The molecule has 15 heavy (non-hydrogen) atoms. The maximum absolute atomic E-state index is 12.0. The van der Waals surface area contributed by atoms with Crippen LogP contribution in [-0.4, -0.2) is 29.9 Å². The molecule has 0 bridgehead atoms. The maximum atomic E-state index is 12.0. The van der Waals surface area contributed by atoms with E-state index in [2.05, 4.69) is 5.32 Å². The van der Waals surface area contributed by atoms with Gasteiger partial charge in [-0.15, -0.1) is 0 Å². The second-order valence-corrected chi connectivity index (χ2v) is 5.88. The first kappa shape index (κ1) is 11.5. The summed E-state index contributed by atoms with van der Waals surface area (Å²) in [6, 6.07) is 0.457. The fraction of sp³-hybridized carbons (Fsp3) is 0.917. The molecule has 0 amide bonds. The first-order chi connectivity index (χ1) is 7.36. The van der Waals surface area contributed by atoms with Crippen LogP contribution in [0.15, 0.2) is 0 Å². The third kappa shape index (κ3) is 3.49. The van der Waals surface area contributed by atoms with Crippen LogP contribution in [0.3, 0.4) is 0 Å². The van der Waals surface area contributed by atoms with Crippen molar-refractivity contribution in [3.63, 3.8) is 0 Å². The second-order valence-electron chi connectivity index (χ2n) is 4.73. The molecular weight excluding hydrogens is 206 g/mol. The Morgan fingerprint density at radius 3 is 2.73 bits per heavy atom. The lowest BCUT2D eigenvalue weighted by molar-refractivity contribution is -0.124. The lowest BCUT2D eigenvalue weighted by Crippen LogP contribution is -2.40. The molecule has 1 heterocycles. The quantitative estimate of drug-likeness (QED) is 0.801. The van der Waals surface area contributed by atoms with E-state index in [1.165, 1.54) is 25.0 Å². The van der Waals surface area contributed by atoms with Crippen molar-refractivity contribution in [2.45, 2.75) is 44.6 Å². The molecular formula is C12H21NOS. The van der Waals surface area contributed by atoms with Crippen LogP contribution in [-0.2, 0) is 4.79 Å². The molecule has 2 aliphatic rings. The number of rotatable bonds is 3. The highest BCUT2D eigenvalue weighted by molar-refractivity contribution is 7.99. The van der Waals surface area contributed by atoms with Gasteiger partial charge in [-0.1, -0.05) is 19.3 Å². The van der Waals surface area contributed by atoms with E-state index in [4.69, 9.17) is 0 Å². The first-order valence-corrected chi connectivity index (χ1v) is 7.35. The molecule has 2 nitrogen and oxygen atoms in total. The number of nitrogens with one attached hydrogen (secondary N) is 1. The molecule has 0 aromatic heterocycles. The Hall–Kier alpha value is -0.0200. The van der Waals surface area contributed by atoms with E-state index in [0.29, 0.717) is 17.7 Å². The van der Waals surface area contributed by atoms with Gasteiger partial charge in [0.05, 0.1) is 0 Å². The van der Waals surface area contributed by atoms with Gasteiger partial charge >= 0.3 is 0 Å². The number of carbonyl (C=O) groups excluding carboxylic acids is 1. The van der Waals surface area contributed by atoms with Crippen molar-refractivity contribution < 1.29 is 4.79 Å². The fourth-order valence-electron chi connectivity index (χ4n) is 2.58. The molecule has 1 aliphatic heterocycles. The van der Waals surface area contributed by atoms with Gasteiger partial charge in [0.1, 0.15) is 5.78 Å². The largest absolute Gasteiger partial charge is 0.312 e. The molecule has 1 atom stereocenters. The number of hydrogen-bond acceptors (Lipinski definition) is 3. The van der Waals surface area contributed by atoms with Gasteiger partial charge in [-0.3, -0.25) is 4.79 Å². The Labute approximate surface area is 96.6 Å². The summed E-state index contributed by atoms with van der Waals surface area (Å²) in [5.41, 5.74) is 0. The summed E-state index contributed by atoms with van der Waals surface area (Å²) < 4.78 is 0. The van der Waals surface area contributed by atoms with Gasteiger partial charge in [-0.2, -0.15) is 11.8 Å². The SMILES string of the molecule is O=C(CC1CSCCN1)C1CCCCC1. The summed E-state index contributed by atoms with van der Waals surface area (Å²) in [4.78, 5) is 12.0. The molecule has 0 radical (unpaired) electrons. The van der Waals surface area contributed by atoms with Crippen molar-refractivity contribution in [2.24, 2.45) is 5.92 Å². The zero-order valence-corrected chi connectivity index (χ0v) is 10.2. The molecule has 0 aromatic carbocycles. The average Bonchev–Trinajstić information content (AvgIpc) is 2.31. The molecule has 1 aliphatic carbocycles. The van der Waals surface area contributed by atoms with Crippen molar-refractivity contribution in [1.29, 1.82) is 0 Å². The van der Waals surface area contributed by atoms with E-state index in [0.717, 1.165) is 31.6 Å². The predicted molar refractivity (Wildman–Crippen MR) is 65.3 cm³/mol. The third-order valence-electron chi connectivity index (χ3n) is 3.51. The average molecular weight is 227 g/mol. The molecule has 1 unspecified atom stereocenters. The van der Waals surface area contributed by atoms with Crippen molar-refractivity contribution >= 4 is 17.5 Å². The van der Waals surface area contributed by atoms with Crippen LogP contribution in [0.1, 0.15) is 38.5 Å². The molecule has 1 saturated heterocycles. The standard InChI is InChI=1S/C12H21NOS/c14-12(10-4-2-1-3-5-10)8-11-9-15-7-6-13-11/h10-11,13H,1-9H2. The Balaban J connectivity index is 1.74. The molecule has 3 heteroatoms. The van der Waals surface area contributed by atoms with Crippen LogP contribution < -0.4 is 5.32 Å². The normalized spacial score (nSPS) is 28.9. The van der Waals surface area contributed by atoms with E-state index < -0.39 is 0 Å². The molecule has 86 valence electrons. The van der Waals surface area contributed by atoms with Crippen LogP contribution in [0.25, 0.3) is 0 Å². The van der Waals surface area contributed by atoms with Gasteiger partial charge in [0, 0.05) is 36.4 Å². The molecule has 0 spiro atoms. The number of carbonyl (C=O) groups is 1. The summed E-state index contributed by atoms with van der Waals surface area (Å²) in [5.74, 6) is 3.24. The van der Waals surface area contributed by atoms with Crippen molar-refractivity contribution in [3.8, 4) is 0 Å². The molecule has 2 fully saturated rings. The number of thioether (sulfide) groups is 1. The molecule has 1 saturated carbocycles. The summed E-state index contributed by atoms with van der Waals surface area (Å²) in [7, 11) is 0. The lowest BCUT2D eigenvalue weighted by Gasteiger charge is -2.26. The van der Waals surface area contributed by atoms with Gasteiger partial charge < -0.3 is 5.32 Å². The monoisotopic (exact) mass is 227 g/mol. The molecule has 2 rings (SSSR count).